The van der Waals surface area contributed by atoms with E-state index < -0.39 is 0 Å². The van der Waals surface area contributed by atoms with Crippen molar-refractivity contribution in [2.45, 2.75) is 59.3 Å². The molecule has 0 aromatic carbocycles. The Kier molecular flexibility index (Phi) is 5.17. The predicted octanol–water partition coefficient (Wildman–Crippen LogP) is 3.53. The lowest BCUT2D eigenvalue weighted by Crippen LogP contribution is -2.32. The van der Waals surface area contributed by atoms with Gasteiger partial charge in [0.05, 0.1) is 18.4 Å². The number of nitrogens with zero attached hydrogens (tertiary/aromatic N) is 1. The molecule has 2 rings (SSSR count). The van der Waals surface area contributed by atoms with Crippen LogP contribution in [0, 0.1) is 11.3 Å². The number of nitrogens with one attached hydrogen (secondary N) is 1. The first-order valence-electron chi connectivity index (χ1n) is 7.68. The molecular formula is C17H28N2O. The highest BCUT2D eigenvalue weighted by atomic mass is 16.5. The van der Waals surface area contributed by atoms with E-state index in [1.165, 1.54) is 18.4 Å². The van der Waals surface area contributed by atoms with Gasteiger partial charge in [0.2, 0.25) is 0 Å². The molecule has 0 saturated heterocycles. The molecule has 0 amide bonds. The number of hydrogen-bond donors (Lipinski definition) is 1. The van der Waals surface area contributed by atoms with Gasteiger partial charge in [0.15, 0.2) is 0 Å². The van der Waals surface area contributed by atoms with E-state index in [1.807, 2.05) is 13.2 Å². The molecule has 0 aliphatic heterocycles. The minimum Gasteiger partial charge on any atom is -0.372 e. The quantitative estimate of drug-likeness (QED) is 0.893. The zero-order valence-corrected chi connectivity index (χ0v) is 13.3. The van der Waals surface area contributed by atoms with Crippen molar-refractivity contribution < 1.29 is 4.74 Å². The Morgan fingerprint density at radius 1 is 1.35 bits per heavy atom. The summed E-state index contributed by atoms with van der Waals surface area (Å²) < 4.78 is 6.10. The first-order valence-corrected chi connectivity index (χ1v) is 7.68. The van der Waals surface area contributed by atoms with E-state index >= 15 is 0 Å². The lowest BCUT2D eigenvalue weighted by molar-refractivity contribution is -0.0326. The van der Waals surface area contributed by atoms with Gasteiger partial charge in [-0.1, -0.05) is 26.8 Å². The van der Waals surface area contributed by atoms with E-state index in [-0.39, 0.29) is 0 Å². The zero-order chi connectivity index (χ0) is 14.6. The number of pyridine rings is 1. The number of aromatic nitrogens is 1. The third kappa shape index (κ3) is 4.57. The molecule has 2 atom stereocenters. The molecular weight excluding hydrogens is 248 g/mol. The highest BCUT2D eigenvalue weighted by Crippen LogP contribution is 2.39. The van der Waals surface area contributed by atoms with Crippen LogP contribution in [0.5, 0.6) is 0 Å². The molecule has 0 radical (unpaired) electrons. The molecule has 1 aromatic rings. The van der Waals surface area contributed by atoms with E-state index in [4.69, 9.17) is 4.74 Å². The molecule has 3 heteroatoms. The van der Waals surface area contributed by atoms with Crippen LogP contribution >= 0.6 is 0 Å². The van der Waals surface area contributed by atoms with Crippen molar-refractivity contribution in [3.05, 3.63) is 29.6 Å². The first kappa shape index (κ1) is 15.5. The third-order valence-corrected chi connectivity index (χ3v) is 4.08. The van der Waals surface area contributed by atoms with E-state index in [0.29, 0.717) is 18.1 Å². The average Bonchev–Trinajstić information content (AvgIpc) is 2.36. The van der Waals surface area contributed by atoms with E-state index in [9.17, 15) is 0 Å². The summed E-state index contributed by atoms with van der Waals surface area (Å²) in [5.41, 5.74) is 2.65. The highest BCUT2D eigenvalue weighted by Gasteiger charge is 2.32. The van der Waals surface area contributed by atoms with Crippen LogP contribution in [0.4, 0.5) is 0 Å². The maximum Gasteiger partial charge on any atom is 0.0891 e. The summed E-state index contributed by atoms with van der Waals surface area (Å²) in [5.74, 6) is 0.759. The summed E-state index contributed by atoms with van der Waals surface area (Å²) in [4.78, 5) is 4.47. The van der Waals surface area contributed by atoms with Gasteiger partial charge < -0.3 is 10.1 Å². The van der Waals surface area contributed by atoms with Gasteiger partial charge >= 0.3 is 0 Å². The molecule has 112 valence electrons. The van der Waals surface area contributed by atoms with Gasteiger partial charge in [0.1, 0.15) is 0 Å². The lowest BCUT2D eigenvalue weighted by Gasteiger charge is -2.38. The first-order chi connectivity index (χ1) is 9.48. The Morgan fingerprint density at radius 3 is 2.75 bits per heavy atom. The van der Waals surface area contributed by atoms with Crippen molar-refractivity contribution in [2.75, 3.05) is 7.05 Å². The van der Waals surface area contributed by atoms with Crippen LogP contribution in [0.1, 0.15) is 51.3 Å². The molecule has 1 saturated carbocycles. The van der Waals surface area contributed by atoms with E-state index in [0.717, 1.165) is 24.6 Å². The molecule has 0 spiro atoms. The maximum atomic E-state index is 6.10. The molecule has 1 aromatic heterocycles. The van der Waals surface area contributed by atoms with Gasteiger partial charge in [-0.05, 0) is 49.3 Å². The topological polar surface area (TPSA) is 34.1 Å². The highest BCUT2D eigenvalue weighted by molar-refractivity contribution is 5.13. The summed E-state index contributed by atoms with van der Waals surface area (Å²) >= 11 is 0. The molecule has 20 heavy (non-hydrogen) atoms. The lowest BCUT2D eigenvalue weighted by atomic mass is 9.71. The number of rotatable bonds is 5. The van der Waals surface area contributed by atoms with Crippen molar-refractivity contribution in [3.63, 3.8) is 0 Å². The second kappa shape index (κ2) is 6.68. The van der Waals surface area contributed by atoms with Crippen molar-refractivity contribution in [2.24, 2.45) is 11.3 Å². The third-order valence-electron chi connectivity index (χ3n) is 4.08. The summed E-state index contributed by atoms with van der Waals surface area (Å²) in [6, 6.07) is 4.19. The molecule has 3 nitrogen and oxygen atoms in total. The van der Waals surface area contributed by atoms with Gasteiger partial charge in [0.25, 0.3) is 0 Å². The zero-order valence-electron chi connectivity index (χ0n) is 13.3. The Hall–Kier alpha value is -0.930. The second-order valence-electron chi connectivity index (χ2n) is 7.03. The van der Waals surface area contributed by atoms with Crippen LogP contribution in [-0.4, -0.2) is 18.1 Å². The number of hydrogen-bond acceptors (Lipinski definition) is 3. The molecule has 1 N–H and O–H groups in total. The fraction of sp³-hybridized carbons (Fsp3) is 0.706. The fourth-order valence-corrected chi connectivity index (χ4v) is 3.44. The Bertz CT molecular complexity index is 414. The van der Waals surface area contributed by atoms with Crippen molar-refractivity contribution in [3.8, 4) is 0 Å². The molecule has 1 aliphatic rings. The molecule has 1 aliphatic carbocycles. The van der Waals surface area contributed by atoms with E-state index in [1.54, 1.807) is 0 Å². The van der Waals surface area contributed by atoms with Gasteiger partial charge in [-0.25, -0.2) is 0 Å². The largest absolute Gasteiger partial charge is 0.372 e. The summed E-state index contributed by atoms with van der Waals surface area (Å²) in [5, 5.41) is 3.13. The SMILES string of the molecule is CNCc1ccc(COC2CC(C)CC(C)(C)C2)nc1. The molecule has 2 unspecified atom stereocenters. The van der Waals surface area contributed by atoms with Crippen LogP contribution in [-0.2, 0) is 17.9 Å². The van der Waals surface area contributed by atoms with Gasteiger partial charge in [-0.15, -0.1) is 0 Å². The Balaban J connectivity index is 1.85. The minimum atomic E-state index is 0.382. The van der Waals surface area contributed by atoms with E-state index in [2.05, 4.69) is 43.2 Å². The van der Waals surface area contributed by atoms with Gasteiger partial charge in [0, 0.05) is 12.7 Å². The average molecular weight is 276 g/mol. The van der Waals surface area contributed by atoms with Crippen LogP contribution in [0.25, 0.3) is 0 Å². The summed E-state index contributed by atoms with van der Waals surface area (Å²) in [6.45, 7) is 8.53. The van der Waals surface area contributed by atoms with Crippen LogP contribution in [0.2, 0.25) is 0 Å². The van der Waals surface area contributed by atoms with Crippen molar-refractivity contribution in [1.29, 1.82) is 0 Å². The fourth-order valence-electron chi connectivity index (χ4n) is 3.44. The maximum absolute atomic E-state index is 6.10. The monoisotopic (exact) mass is 276 g/mol. The van der Waals surface area contributed by atoms with Crippen molar-refractivity contribution in [1.82, 2.24) is 10.3 Å². The smallest absolute Gasteiger partial charge is 0.0891 e. The molecule has 1 fully saturated rings. The van der Waals surface area contributed by atoms with Gasteiger partial charge in [-0.3, -0.25) is 4.98 Å². The van der Waals surface area contributed by atoms with Crippen LogP contribution < -0.4 is 5.32 Å². The standard InChI is InChI=1S/C17H28N2O/c1-13-7-16(9-17(2,3)8-13)20-12-15-6-5-14(10-18-4)11-19-15/h5-6,11,13,16,18H,7-10,12H2,1-4H3. The van der Waals surface area contributed by atoms with Crippen LogP contribution in [0.15, 0.2) is 18.3 Å². The normalized spacial score (nSPS) is 25.6. The number of ether oxygens (including phenoxy) is 1. The van der Waals surface area contributed by atoms with Crippen LogP contribution in [0.3, 0.4) is 0 Å². The minimum absolute atomic E-state index is 0.382. The molecule has 0 bridgehead atoms. The Morgan fingerprint density at radius 2 is 2.15 bits per heavy atom. The second-order valence-corrected chi connectivity index (χ2v) is 7.03. The Labute approximate surface area is 123 Å². The van der Waals surface area contributed by atoms with Gasteiger partial charge in [-0.2, -0.15) is 0 Å². The predicted molar refractivity (Wildman–Crippen MR) is 82.4 cm³/mol. The summed E-state index contributed by atoms with van der Waals surface area (Å²) in [6.07, 6.45) is 5.97. The molecule has 1 heterocycles. The summed E-state index contributed by atoms with van der Waals surface area (Å²) in [7, 11) is 1.95. The van der Waals surface area contributed by atoms with Crippen molar-refractivity contribution >= 4 is 0 Å².